The Morgan fingerprint density at radius 3 is 2.17 bits per heavy atom. The number of halogens is 4. The van der Waals surface area contributed by atoms with Gasteiger partial charge in [0.2, 0.25) is 11.8 Å². The Morgan fingerprint density at radius 1 is 0.872 bits per heavy atom. The normalized spacial score (nSPS) is 12.3. The zero-order chi connectivity index (χ0) is 34.2. The molecule has 4 rings (SSSR count). The van der Waals surface area contributed by atoms with Crippen molar-refractivity contribution in [2.24, 2.45) is 0 Å². The Hall–Kier alpha value is -4.35. The molecule has 0 saturated heterocycles. The SMILES string of the molecule is CCCNC(=O)[C@H](Cc1ccccc1)N(Cc1cccc(Cl)c1)C(=O)CN(c1cccc(C(F)(F)F)c1)S(=O)(=O)c1ccc(C)cc1. The Morgan fingerprint density at radius 2 is 1.53 bits per heavy atom. The van der Waals surface area contributed by atoms with E-state index in [-0.39, 0.29) is 23.5 Å². The van der Waals surface area contributed by atoms with Crippen molar-refractivity contribution in [3.05, 3.63) is 130 Å². The molecule has 0 radical (unpaired) electrons. The smallest absolute Gasteiger partial charge is 0.354 e. The molecule has 0 fully saturated rings. The molecule has 0 aromatic heterocycles. The van der Waals surface area contributed by atoms with Gasteiger partial charge in [-0.05, 0) is 66.9 Å². The van der Waals surface area contributed by atoms with E-state index in [0.29, 0.717) is 33.9 Å². The van der Waals surface area contributed by atoms with E-state index in [0.717, 1.165) is 23.3 Å². The van der Waals surface area contributed by atoms with Crippen LogP contribution >= 0.6 is 11.6 Å². The van der Waals surface area contributed by atoms with Crippen LogP contribution in [0.25, 0.3) is 0 Å². The third kappa shape index (κ3) is 9.36. The maximum atomic E-state index is 14.4. The van der Waals surface area contributed by atoms with Gasteiger partial charge < -0.3 is 10.2 Å². The van der Waals surface area contributed by atoms with Crippen molar-refractivity contribution in [3.63, 3.8) is 0 Å². The summed E-state index contributed by atoms with van der Waals surface area (Å²) < 4.78 is 70.1. The van der Waals surface area contributed by atoms with Crippen molar-refractivity contribution >= 4 is 39.1 Å². The number of aryl methyl sites for hydroxylation is 1. The van der Waals surface area contributed by atoms with E-state index in [4.69, 9.17) is 11.6 Å². The van der Waals surface area contributed by atoms with Crippen LogP contribution in [0.1, 0.15) is 35.6 Å². The van der Waals surface area contributed by atoms with Crippen LogP contribution in [-0.2, 0) is 38.8 Å². The average Bonchev–Trinajstić information content (AvgIpc) is 3.04. The van der Waals surface area contributed by atoms with E-state index in [1.807, 2.05) is 13.0 Å². The van der Waals surface area contributed by atoms with E-state index >= 15 is 0 Å². The number of benzene rings is 4. The molecular weight excluding hydrogens is 651 g/mol. The summed E-state index contributed by atoms with van der Waals surface area (Å²) in [7, 11) is -4.56. The standard InChI is InChI=1S/C35H35ClF3N3O4S/c1-3-19-40-34(44)32(21-26-9-5-4-6-10-26)41(23-27-11-7-13-29(36)20-27)33(43)24-42(30-14-8-12-28(22-30)35(37,38)39)47(45,46)31-17-15-25(2)16-18-31/h4-18,20,22,32H,3,19,21,23-24H2,1-2H3,(H,40,44)/t32-/m0/s1. The lowest BCUT2D eigenvalue weighted by Crippen LogP contribution is -2.53. The van der Waals surface area contributed by atoms with Gasteiger partial charge in [-0.15, -0.1) is 0 Å². The third-order valence-corrected chi connectivity index (χ3v) is 9.43. The molecule has 0 aliphatic heterocycles. The number of hydrogen-bond donors (Lipinski definition) is 1. The van der Waals surface area contributed by atoms with Gasteiger partial charge in [-0.25, -0.2) is 8.42 Å². The van der Waals surface area contributed by atoms with Crippen LogP contribution < -0.4 is 9.62 Å². The monoisotopic (exact) mass is 685 g/mol. The zero-order valence-corrected chi connectivity index (χ0v) is 27.4. The number of anilines is 1. The van der Waals surface area contributed by atoms with Gasteiger partial charge in [0.15, 0.2) is 0 Å². The van der Waals surface area contributed by atoms with Crippen molar-refractivity contribution in [1.29, 1.82) is 0 Å². The molecule has 4 aromatic rings. The first-order chi connectivity index (χ1) is 22.3. The first kappa shape index (κ1) is 35.5. The third-order valence-electron chi connectivity index (χ3n) is 7.41. The summed E-state index contributed by atoms with van der Waals surface area (Å²) in [5, 5.41) is 3.23. The number of carbonyl (C=O) groups is 2. The Balaban J connectivity index is 1.84. The number of hydrogen-bond acceptors (Lipinski definition) is 4. The highest BCUT2D eigenvalue weighted by molar-refractivity contribution is 7.92. The Labute approximate surface area is 278 Å². The van der Waals surface area contributed by atoms with Gasteiger partial charge >= 0.3 is 6.18 Å². The highest BCUT2D eigenvalue weighted by Gasteiger charge is 2.36. The number of amides is 2. The number of carbonyl (C=O) groups excluding carboxylic acids is 2. The second-order valence-electron chi connectivity index (χ2n) is 11.0. The maximum Gasteiger partial charge on any atom is 0.416 e. The summed E-state index contributed by atoms with van der Waals surface area (Å²) in [4.78, 5) is 29.2. The first-order valence-corrected chi connectivity index (χ1v) is 16.7. The van der Waals surface area contributed by atoms with Crippen molar-refractivity contribution in [3.8, 4) is 0 Å². The highest BCUT2D eigenvalue weighted by Crippen LogP contribution is 2.33. The van der Waals surface area contributed by atoms with Crippen molar-refractivity contribution in [2.45, 2.75) is 50.3 Å². The largest absolute Gasteiger partial charge is 0.416 e. The van der Waals surface area contributed by atoms with Gasteiger partial charge in [-0.3, -0.25) is 13.9 Å². The molecule has 0 bridgehead atoms. The molecule has 7 nitrogen and oxygen atoms in total. The summed E-state index contributed by atoms with van der Waals surface area (Å²) in [6, 6.07) is 24.1. The minimum absolute atomic E-state index is 0.0942. The molecule has 47 heavy (non-hydrogen) atoms. The molecule has 0 aliphatic rings. The number of sulfonamides is 1. The molecule has 0 heterocycles. The average molecular weight is 686 g/mol. The molecule has 1 N–H and O–H groups in total. The van der Waals surface area contributed by atoms with Crippen LogP contribution in [0.3, 0.4) is 0 Å². The molecular formula is C35H35ClF3N3O4S. The van der Waals surface area contributed by atoms with E-state index < -0.39 is 46.2 Å². The summed E-state index contributed by atoms with van der Waals surface area (Å²) >= 11 is 6.24. The predicted molar refractivity (Wildman–Crippen MR) is 176 cm³/mol. The van der Waals surface area contributed by atoms with Gasteiger partial charge in [0.1, 0.15) is 12.6 Å². The lowest BCUT2D eigenvalue weighted by Gasteiger charge is -2.34. The fraction of sp³-hybridized carbons (Fsp3) is 0.257. The first-order valence-electron chi connectivity index (χ1n) is 14.9. The van der Waals surface area contributed by atoms with E-state index in [2.05, 4.69) is 5.32 Å². The molecule has 0 aliphatic carbocycles. The van der Waals surface area contributed by atoms with Crippen molar-refractivity contribution in [1.82, 2.24) is 10.2 Å². The quantitative estimate of drug-likeness (QED) is 0.164. The topological polar surface area (TPSA) is 86.8 Å². The van der Waals surface area contributed by atoms with Gasteiger partial charge in [-0.1, -0.05) is 84.8 Å². The predicted octanol–water partition coefficient (Wildman–Crippen LogP) is 7.03. The van der Waals surface area contributed by atoms with E-state index in [9.17, 15) is 31.2 Å². The summed E-state index contributed by atoms with van der Waals surface area (Å²) in [5.74, 6) is -1.26. The fourth-order valence-electron chi connectivity index (χ4n) is 4.96. The van der Waals surface area contributed by atoms with Crippen molar-refractivity contribution in [2.75, 3.05) is 17.4 Å². The van der Waals surface area contributed by atoms with Crippen LogP contribution in [0.5, 0.6) is 0 Å². The van der Waals surface area contributed by atoms with Crippen molar-refractivity contribution < 1.29 is 31.2 Å². The van der Waals surface area contributed by atoms with E-state index in [1.165, 1.54) is 23.1 Å². The Kier molecular flexibility index (Phi) is 11.7. The minimum atomic E-state index is -4.77. The number of nitrogens with zero attached hydrogens (tertiary/aromatic N) is 2. The van der Waals surface area contributed by atoms with Gasteiger partial charge in [0, 0.05) is 24.5 Å². The molecule has 0 unspecified atom stereocenters. The van der Waals surface area contributed by atoms with Gasteiger partial charge in [0.25, 0.3) is 10.0 Å². The number of rotatable bonds is 13. The Bertz CT molecular complexity index is 1790. The van der Waals surface area contributed by atoms with Crippen LogP contribution in [0.15, 0.2) is 108 Å². The molecule has 2 amide bonds. The van der Waals surface area contributed by atoms with Crippen LogP contribution in [0.2, 0.25) is 5.02 Å². The maximum absolute atomic E-state index is 14.4. The molecule has 248 valence electrons. The molecule has 4 aromatic carbocycles. The highest BCUT2D eigenvalue weighted by atomic mass is 35.5. The molecule has 0 saturated carbocycles. The summed E-state index contributed by atoms with van der Waals surface area (Å²) in [6.07, 6.45) is -4.04. The number of nitrogens with one attached hydrogen (secondary N) is 1. The fourth-order valence-corrected chi connectivity index (χ4v) is 6.57. The second-order valence-corrected chi connectivity index (χ2v) is 13.3. The second kappa shape index (κ2) is 15.5. The number of alkyl halides is 3. The van der Waals surface area contributed by atoms with Gasteiger partial charge in [-0.2, -0.15) is 13.2 Å². The minimum Gasteiger partial charge on any atom is -0.354 e. The van der Waals surface area contributed by atoms with Gasteiger partial charge in [0.05, 0.1) is 16.1 Å². The zero-order valence-electron chi connectivity index (χ0n) is 25.9. The molecule has 0 spiro atoms. The molecule has 12 heteroatoms. The summed E-state index contributed by atoms with van der Waals surface area (Å²) in [6.45, 7) is 2.96. The molecule has 1 atom stereocenters. The van der Waals surface area contributed by atoms with E-state index in [1.54, 1.807) is 67.6 Å². The lowest BCUT2D eigenvalue weighted by atomic mass is 10.0. The summed E-state index contributed by atoms with van der Waals surface area (Å²) in [5.41, 5.74) is 0.643. The van der Waals surface area contributed by atoms with Crippen LogP contribution in [0.4, 0.5) is 18.9 Å². The van der Waals surface area contributed by atoms with Crippen LogP contribution in [-0.4, -0.2) is 44.3 Å². The van der Waals surface area contributed by atoms with Crippen LogP contribution in [0, 0.1) is 6.92 Å². The lowest BCUT2D eigenvalue weighted by molar-refractivity contribution is -0.140.